The fraction of sp³-hybridized carbons (Fsp3) is 0.227. The second kappa shape index (κ2) is 6.15. The van der Waals surface area contributed by atoms with Gasteiger partial charge in [-0.1, -0.05) is 67.5 Å². The van der Waals surface area contributed by atoms with Crippen molar-refractivity contribution >= 4 is 10.9 Å². The van der Waals surface area contributed by atoms with Crippen LogP contribution in [0.25, 0.3) is 27.8 Å². The zero-order valence-corrected chi connectivity index (χ0v) is 15.4. The van der Waals surface area contributed by atoms with Gasteiger partial charge in [0.25, 0.3) is 0 Å². The van der Waals surface area contributed by atoms with Crippen LogP contribution < -0.4 is 5.73 Å². The molecule has 0 aliphatic rings. The predicted molar refractivity (Wildman–Crippen MR) is 106 cm³/mol. The average Bonchev–Trinajstić information content (AvgIpc) is 3.23. The monoisotopic (exact) mass is 345 g/mol. The van der Waals surface area contributed by atoms with Gasteiger partial charge in [-0.2, -0.15) is 0 Å². The molecule has 0 radical (unpaired) electrons. The molecule has 4 heteroatoms. The molecule has 4 rings (SSSR count). The summed E-state index contributed by atoms with van der Waals surface area (Å²) in [6.07, 6.45) is 2.18. The Hall–Kier alpha value is -2.85. The number of rotatable bonds is 4. The van der Waals surface area contributed by atoms with Crippen LogP contribution in [-0.2, 0) is 5.41 Å². The molecule has 132 valence electrons. The number of nitrogens with two attached hydrogens (primary N) is 1. The lowest BCUT2D eigenvalue weighted by Gasteiger charge is -2.21. The van der Waals surface area contributed by atoms with Crippen molar-refractivity contribution in [2.75, 3.05) is 6.54 Å². The number of hydrogen-bond donors (Lipinski definition) is 1. The van der Waals surface area contributed by atoms with E-state index in [1.54, 1.807) is 0 Å². The second-order valence-electron chi connectivity index (χ2n) is 7.32. The summed E-state index contributed by atoms with van der Waals surface area (Å²) in [5.41, 5.74) is 11.2. The van der Waals surface area contributed by atoms with Crippen molar-refractivity contribution in [1.82, 2.24) is 9.72 Å². The molecule has 2 aromatic heterocycles. The maximum absolute atomic E-state index is 6.07. The number of nitrogens with zero attached hydrogens (tertiary/aromatic N) is 2. The summed E-state index contributed by atoms with van der Waals surface area (Å²) in [6, 6.07) is 18.6. The van der Waals surface area contributed by atoms with E-state index in [2.05, 4.69) is 66.2 Å². The lowest BCUT2D eigenvalue weighted by molar-refractivity contribution is 0.399. The van der Waals surface area contributed by atoms with E-state index in [9.17, 15) is 0 Å². The van der Waals surface area contributed by atoms with Gasteiger partial charge in [0.15, 0.2) is 5.76 Å². The van der Waals surface area contributed by atoms with Gasteiger partial charge in [-0.3, -0.25) is 0 Å². The highest BCUT2D eigenvalue weighted by Gasteiger charge is 2.26. The van der Waals surface area contributed by atoms with Gasteiger partial charge in [-0.25, -0.2) is 0 Å². The SMILES string of the molecule is Cc1onc(-c2ccccc2)c1-n1cc(C(C)(C)CN)c2ccccc21. The molecule has 0 aliphatic carbocycles. The van der Waals surface area contributed by atoms with Crippen molar-refractivity contribution in [1.29, 1.82) is 0 Å². The van der Waals surface area contributed by atoms with E-state index in [0.717, 1.165) is 28.2 Å². The maximum atomic E-state index is 6.07. The molecule has 0 atom stereocenters. The summed E-state index contributed by atoms with van der Waals surface area (Å²) in [6.45, 7) is 6.89. The number of fused-ring (bicyclic) bond motifs is 1. The van der Waals surface area contributed by atoms with Crippen molar-refractivity contribution < 1.29 is 4.52 Å². The summed E-state index contributed by atoms with van der Waals surface area (Å²) in [5, 5.41) is 5.55. The quantitative estimate of drug-likeness (QED) is 0.576. The van der Waals surface area contributed by atoms with Crippen LogP contribution in [0.3, 0.4) is 0 Å². The van der Waals surface area contributed by atoms with Crippen molar-refractivity contribution in [2.45, 2.75) is 26.2 Å². The molecule has 4 aromatic rings. The number of para-hydroxylation sites is 1. The number of benzene rings is 2. The molecule has 0 unspecified atom stereocenters. The highest BCUT2D eigenvalue weighted by atomic mass is 16.5. The minimum absolute atomic E-state index is 0.122. The molecule has 0 fully saturated rings. The molecule has 26 heavy (non-hydrogen) atoms. The fourth-order valence-corrected chi connectivity index (χ4v) is 3.45. The van der Waals surface area contributed by atoms with Gasteiger partial charge in [0, 0.05) is 29.1 Å². The van der Waals surface area contributed by atoms with E-state index in [4.69, 9.17) is 10.3 Å². The van der Waals surface area contributed by atoms with Crippen molar-refractivity contribution in [3.05, 3.63) is 72.1 Å². The third-order valence-electron chi connectivity index (χ3n) is 5.07. The van der Waals surface area contributed by atoms with Crippen LogP contribution in [0.2, 0.25) is 0 Å². The third-order valence-corrected chi connectivity index (χ3v) is 5.07. The van der Waals surface area contributed by atoms with E-state index in [1.165, 1.54) is 10.9 Å². The average molecular weight is 345 g/mol. The second-order valence-corrected chi connectivity index (χ2v) is 7.32. The highest BCUT2D eigenvalue weighted by molar-refractivity contribution is 5.88. The molecule has 0 saturated carbocycles. The molecule has 2 heterocycles. The zero-order chi connectivity index (χ0) is 18.3. The molecule has 0 amide bonds. The van der Waals surface area contributed by atoms with Crippen LogP contribution in [-0.4, -0.2) is 16.3 Å². The molecule has 0 saturated heterocycles. The largest absolute Gasteiger partial charge is 0.359 e. The Balaban J connectivity index is 2.02. The van der Waals surface area contributed by atoms with E-state index in [0.29, 0.717) is 6.54 Å². The molecular formula is C22H23N3O. The first kappa shape index (κ1) is 16.6. The smallest absolute Gasteiger partial charge is 0.158 e. The summed E-state index contributed by atoms with van der Waals surface area (Å²) in [4.78, 5) is 0. The predicted octanol–water partition coefficient (Wildman–Crippen LogP) is 4.83. The Morgan fingerprint density at radius 2 is 1.73 bits per heavy atom. The van der Waals surface area contributed by atoms with Gasteiger partial charge >= 0.3 is 0 Å². The molecule has 0 bridgehead atoms. The Bertz CT molecular complexity index is 1060. The Labute approximate surface area is 153 Å². The molecule has 0 aliphatic heterocycles. The van der Waals surface area contributed by atoms with E-state index >= 15 is 0 Å². The summed E-state index contributed by atoms with van der Waals surface area (Å²) >= 11 is 0. The van der Waals surface area contributed by atoms with Gasteiger partial charge in [0.05, 0.1) is 5.52 Å². The van der Waals surface area contributed by atoms with Gasteiger partial charge in [0.2, 0.25) is 0 Å². The first-order valence-corrected chi connectivity index (χ1v) is 8.85. The van der Waals surface area contributed by atoms with E-state index in [1.807, 2.05) is 25.1 Å². The van der Waals surface area contributed by atoms with Gasteiger partial charge in [-0.15, -0.1) is 0 Å². The molecule has 2 aromatic carbocycles. The van der Waals surface area contributed by atoms with Crippen LogP contribution in [0.15, 0.2) is 65.3 Å². The van der Waals surface area contributed by atoms with Gasteiger partial charge < -0.3 is 14.8 Å². The van der Waals surface area contributed by atoms with Crippen LogP contribution in [0.4, 0.5) is 0 Å². The van der Waals surface area contributed by atoms with E-state index in [-0.39, 0.29) is 5.41 Å². The Morgan fingerprint density at radius 1 is 1.04 bits per heavy atom. The van der Waals surface area contributed by atoms with Crippen molar-refractivity contribution in [3.63, 3.8) is 0 Å². The molecule has 4 nitrogen and oxygen atoms in total. The first-order chi connectivity index (χ1) is 12.5. The van der Waals surface area contributed by atoms with E-state index < -0.39 is 0 Å². The van der Waals surface area contributed by atoms with Crippen molar-refractivity contribution in [2.24, 2.45) is 5.73 Å². The van der Waals surface area contributed by atoms with Gasteiger partial charge in [0.1, 0.15) is 11.4 Å². The lowest BCUT2D eigenvalue weighted by atomic mass is 9.85. The molecule has 0 spiro atoms. The lowest BCUT2D eigenvalue weighted by Crippen LogP contribution is -2.27. The fourth-order valence-electron chi connectivity index (χ4n) is 3.45. The number of hydrogen-bond acceptors (Lipinski definition) is 3. The number of aryl methyl sites for hydroxylation is 1. The van der Waals surface area contributed by atoms with Crippen molar-refractivity contribution in [3.8, 4) is 16.9 Å². The zero-order valence-electron chi connectivity index (χ0n) is 15.4. The number of aromatic nitrogens is 2. The standard InChI is InChI=1S/C22H23N3O/c1-15-21(20(24-26-15)16-9-5-4-6-10-16)25-13-18(22(2,3)14-23)17-11-7-8-12-19(17)25/h4-13H,14,23H2,1-3H3. The minimum atomic E-state index is -0.122. The normalized spacial score (nSPS) is 12.0. The summed E-state index contributed by atoms with van der Waals surface area (Å²) in [5.74, 6) is 0.793. The highest BCUT2D eigenvalue weighted by Crippen LogP contribution is 2.36. The molecule has 2 N–H and O–H groups in total. The summed E-state index contributed by atoms with van der Waals surface area (Å²) in [7, 11) is 0. The maximum Gasteiger partial charge on any atom is 0.158 e. The minimum Gasteiger partial charge on any atom is -0.359 e. The van der Waals surface area contributed by atoms with Crippen LogP contribution in [0.1, 0.15) is 25.2 Å². The Morgan fingerprint density at radius 3 is 2.46 bits per heavy atom. The van der Waals surface area contributed by atoms with Gasteiger partial charge in [-0.05, 0) is 18.6 Å². The van der Waals surface area contributed by atoms with Crippen LogP contribution in [0.5, 0.6) is 0 Å². The summed E-state index contributed by atoms with van der Waals surface area (Å²) < 4.78 is 7.77. The molecular weight excluding hydrogens is 322 g/mol. The third kappa shape index (κ3) is 2.54. The van der Waals surface area contributed by atoms with Crippen LogP contribution >= 0.6 is 0 Å². The Kier molecular flexibility index (Phi) is 3.93. The topological polar surface area (TPSA) is 57.0 Å². The first-order valence-electron chi connectivity index (χ1n) is 8.85. The van der Waals surface area contributed by atoms with Crippen LogP contribution in [0, 0.1) is 6.92 Å².